The van der Waals surface area contributed by atoms with Gasteiger partial charge in [0, 0.05) is 38.4 Å². The Morgan fingerprint density at radius 2 is 2.33 bits per heavy atom. The van der Waals surface area contributed by atoms with Crippen LogP contribution in [0.3, 0.4) is 0 Å². The van der Waals surface area contributed by atoms with Crippen molar-refractivity contribution in [1.29, 1.82) is 0 Å². The van der Waals surface area contributed by atoms with Crippen molar-refractivity contribution in [1.82, 2.24) is 9.88 Å². The van der Waals surface area contributed by atoms with Gasteiger partial charge in [0.15, 0.2) is 0 Å². The van der Waals surface area contributed by atoms with E-state index in [1.807, 2.05) is 13.0 Å². The fourth-order valence-corrected chi connectivity index (χ4v) is 2.54. The van der Waals surface area contributed by atoms with Crippen molar-refractivity contribution in [2.75, 3.05) is 20.3 Å². The molecule has 0 spiro atoms. The van der Waals surface area contributed by atoms with E-state index in [-0.39, 0.29) is 30.0 Å². The lowest BCUT2D eigenvalue weighted by atomic mass is 10.1. The molecule has 2 heterocycles. The molecule has 1 aliphatic heterocycles. The first-order valence-electron chi connectivity index (χ1n) is 7.18. The highest BCUT2D eigenvalue weighted by atomic mass is 16.5. The maximum absolute atomic E-state index is 12.0. The van der Waals surface area contributed by atoms with Gasteiger partial charge in [-0.1, -0.05) is 6.07 Å². The van der Waals surface area contributed by atoms with E-state index >= 15 is 0 Å². The smallest absolute Gasteiger partial charge is 0.250 e. The molecule has 2 rings (SSSR count). The third-order valence-corrected chi connectivity index (χ3v) is 3.77. The molecule has 1 aliphatic rings. The number of amides is 1. The molecule has 1 aromatic rings. The number of hydrogen-bond donors (Lipinski definition) is 1. The Morgan fingerprint density at radius 3 is 3.05 bits per heavy atom. The Kier molecular flexibility index (Phi) is 5.52. The van der Waals surface area contributed by atoms with Crippen molar-refractivity contribution in [2.24, 2.45) is 0 Å². The SMILES string of the molecule is CO[C@@H]1CCOC[C@H]1NC(=O)CCn1c(C)cccc1=O. The summed E-state index contributed by atoms with van der Waals surface area (Å²) in [6, 6.07) is 4.96. The molecule has 1 aromatic heterocycles. The van der Waals surface area contributed by atoms with Crippen molar-refractivity contribution >= 4 is 5.91 Å². The van der Waals surface area contributed by atoms with Gasteiger partial charge in [-0.25, -0.2) is 0 Å². The second kappa shape index (κ2) is 7.38. The number of aryl methyl sites for hydroxylation is 1. The van der Waals surface area contributed by atoms with Crippen LogP contribution < -0.4 is 10.9 Å². The molecule has 2 atom stereocenters. The van der Waals surface area contributed by atoms with Crippen molar-refractivity contribution < 1.29 is 14.3 Å². The summed E-state index contributed by atoms with van der Waals surface area (Å²) in [5.41, 5.74) is 0.768. The number of methoxy groups -OCH3 is 1. The number of carbonyl (C=O) groups excluding carboxylic acids is 1. The summed E-state index contributed by atoms with van der Waals surface area (Å²) in [5, 5.41) is 2.92. The lowest BCUT2D eigenvalue weighted by Gasteiger charge is -2.31. The lowest BCUT2D eigenvalue weighted by Crippen LogP contribution is -2.50. The van der Waals surface area contributed by atoms with Crippen LogP contribution in [0, 0.1) is 6.92 Å². The maximum Gasteiger partial charge on any atom is 0.250 e. The molecule has 21 heavy (non-hydrogen) atoms. The molecular formula is C15H22N2O4. The zero-order valence-electron chi connectivity index (χ0n) is 12.5. The van der Waals surface area contributed by atoms with Crippen LogP contribution in [-0.2, 0) is 20.8 Å². The number of aromatic nitrogens is 1. The minimum atomic E-state index is -0.121. The van der Waals surface area contributed by atoms with Gasteiger partial charge in [-0.3, -0.25) is 9.59 Å². The molecule has 0 aromatic carbocycles. The van der Waals surface area contributed by atoms with Gasteiger partial charge in [0.05, 0.1) is 18.8 Å². The Hall–Kier alpha value is -1.66. The van der Waals surface area contributed by atoms with Crippen LogP contribution in [-0.4, -0.2) is 42.9 Å². The summed E-state index contributed by atoms with van der Waals surface area (Å²) in [6.45, 7) is 3.36. The van der Waals surface area contributed by atoms with Crippen LogP contribution in [0.2, 0.25) is 0 Å². The van der Waals surface area contributed by atoms with E-state index in [9.17, 15) is 9.59 Å². The first-order chi connectivity index (χ1) is 10.1. The number of nitrogens with zero attached hydrogens (tertiary/aromatic N) is 1. The highest BCUT2D eigenvalue weighted by molar-refractivity contribution is 5.76. The van der Waals surface area contributed by atoms with Gasteiger partial charge in [-0.05, 0) is 19.4 Å². The van der Waals surface area contributed by atoms with Crippen molar-refractivity contribution in [3.63, 3.8) is 0 Å². The standard InChI is InChI=1S/C15H22N2O4/c1-11-4-3-5-15(19)17(11)8-6-14(18)16-12-10-21-9-7-13(12)20-2/h3-5,12-13H,6-10H2,1-2H3,(H,16,18)/t12-,13-/m1/s1. The number of rotatable bonds is 5. The highest BCUT2D eigenvalue weighted by Gasteiger charge is 2.26. The monoisotopic (exact) mass is 294 g/mol. The van der Waals surface area contributed by atoms with Crippen LogP contribution >= 0.6 is 0 Å². The van der Waals surface area contributed by atoms with Crippen molar-refractivity contribution in [3.8, 4) is 0 Å². The first-order valence-corrected chi connectivity index (χ1v) is 7.18. The molecule has 1 N–H and O–H groups in total. The average molecular weight is 294 g/mol. The predicted octanol–water partition coefficient (Wildman–Crippen LogP) is 0.467. The van der Waals surface area contributed by atoms with Gasteiger partial charge < -0.3 is 19.4 Å². The number of ether oxygens (including phenoxy) is 2. The zero-order chi connectivity index (χ0) is 15.2. The minimum absolute atomic E-state index is 0.0103. The molecule has 1 amide bonds. The van der Waals surface area contributed by atoms with E-state index in [0.717, 1.165) is 12.1 Å². The second-order valence-corrected chi connectivity index (χ2v) is 5.22. The predicted molar refractivity (Wildman–Crippen MR) is 78.2 cm³/mol. The highest BCUT2D eigenvalue weighted by Crippen LogP contribution is 2.11. The lowest BCUT2D eigenvalue weighted by molar-refractivity contribution is -0.125. The van der Waals surface area contributed by atoms with E-state index in [4.69, 9.17) is 9.47 Å². The van der Waals surface area contributed by atoms with E-state index in [1.165, 1.54) is 6.07 Å². The van der Waals surface area contributed by atoms with Crippen molar-refractivity contribution in [3.05, 3.63) is 34.2 Å². The zero-order valence-corrected chi connectivity index (χ0v) is 12.5. The third-order valence-electron chi connectivity index (χ3n) is 3.77. The second-order valence-electron chi connectivity index (χ2n) is 5.22. The molecular weight excluding hydrogens is 272 g/mol. The molecule has 116 valence electrons. The van der Waals surface area contributed by atoms with Crippen molar-refractivity contribution in [2.45, 2.75) is 38.5 Å². The Morgan fingerprint density at radius 1 is 1.52 bits per heavy atom. The fourth-order valence-electron chi connectivity index (χ4n) is 2.54. The first kappa shape index (κ1) is 15.7. The molecule has 1 saturated heterocycles. The van der Waals surface area contributed by atoms with Gasteiger partial charge >= 0.3 is 0 Å². The quantitative estimate of drug-likeness (QED) is 0.857. The summed E-state index contributed by atoms with van der Waals surface area (Å²) in [6.07, 6.45) is 1.03. The van der Waals surface area contributed by atoms with E-state index in [1.54, 1.807) is 17.7 Å². The van der Waals surface area contributed by atoms with E-state index in [2.05, 4.69) is 5.32 Å². The Balaban J connectivity index is 1.88. The van der Waals surface area contributed by atoms with Gasteiger partial charge in [0.25, 0.3) is 5.56 Å². The van der Waals surface area contributed by atoms with Crippen LogP contribution in [0.25, 0.3) is 0 Å². The minimum Gasteiger partial charge on any atom is -0.379 e. The molecule has 0 unspecified atom stereocenters. The topological polar surface area (TPSA) is 69.6 Å². The molecule has 0 radical (unpaired) electrons. The van der Waals surface area contributed by atoms with Gasteiger partial charge in [-0.15, -0.1) is 0 Å². The summed E-state index contributed by atoms with van der Waals surface area (Å²) in [4.78, 5) is 23.8. The normalized spacial score (nSPS) is 22.0. The third kappa shape index (κ3) is 4.15. The van der Waals surface area contributed by atoms with E-state index in [0.29, 0.717) is 19.8 Å². The van der Waals surface area contributed by atoms with Crippen LogP contribution in [0.4, 0.5) is 0 Å². The fraction of sp³-hybridized carbons (Fsp3) is 0.600. The van der Waals surface area contributed by atoms with Crippen LogP contribution in [0.1, 0.15) is 18.5 Å². The van der Waals surface area contributed by atoms with Crippen LogP contribution in [0.5, 0.6) is 0 Å². The summed E-state index contributed by atoms with van der Waals surface area (Å²) < 4.78 is 12.3. The molecule has 1 fully saturated rings. The largest absolute Gasteiger partial charge is 0.379 e. The van der Waals surface area contributed by atoms with Gasteiger partial charge in [0.1, 0.15) is 0 Å². The number of nitrogens with one attached hydrogen (secondary N) is 1. The van der Waals surface area contributed by atoms with E-state index < -0.39 is 0 Å². The molecule has 0 aliphatic carbocycles. The Labute approximate surface area is 124 Å². The molecule has 6 heteroatoms. The van der Waals surface area contributed by atoms with Gasteiger partial charge in [-0.2, -0.15) is 0 Å². The summed E-state index contributed by atoms with van der Waals surface area (Å²) in [5.74, 6) is -0.0947. The average Bonchev–Trinajstić information content (AvgIpc) is 2.47. The number of carbonyl (C=O) groups is 1. The molecule has 0 saturated carbocycles. The number of pyridine rings is 1. The van der Waals surface area contributed by atoms with Gasteiger partial charge in [0.2, 0.25) is 5.91 Å². The summed E-state index contributed by atoms with van der Waals surface area (Å²) in [7, 11) is 1.64. The molecule has 0 bridgehead atoms. The number of hydrogen-bond acceptors (Lipinski definition) is 4. The summed E-state index contributed by atoms with van der Waals surface area (Å²) >= 11 is 0. The van der Waals surface area contributed by atoms with Crippen LogP contribution in [0.15, 0.2) is 23.0 Å². The maximum atomic E-state index is 12.0. The Bertz CT molecular complexity index is 541. The molecule has 6 nitrogen and oxygen atoms in total.